The summed E-state index contributed by atoms with van der Waals surface area (Å²) in [5.41, 5.74) is 0.780. The van der Waals surface area contributed by atoms with Crippen LogP contribution < -0.4 is 5.19 Å². The summed E-state index contributed by atoms with van der Waals surface area (Å²) in [6.45, 7) is 0. The van der Waals surface area contributed by atoms with Gasteiger partial charge in [-0.1, -0.05) is 49.2 Å². The molecule has 2 aliphatic rings. The molecule has 1 aromatic carbocycles. The van der Waals surface area contributed by atoms with Crippen LogP contribution in [0.2, 0.25) is 17.6 Å². The number of hydrogen-bond acceptors (Lipinski definition) is 0. The molecule has 0 N–H and O–H groups in total. The lowest BCUT2D eigenvalue weighted by molar-refractivity contribution is 0.935. The van der Waals surface area contributed by atoms with Crippen molar-refractivity contribution in [3.8, 4) is 0 Å². The Morgan fingerprint density at radius 3 is 2.13 bits per heavy atom. The molecule has 0 saturated carbocycles. The monoisotopic (exact) mass is 213 g/mol. The van der Waals surface area contributed by atoms with E-state index in [2.05, 4.69) is 48.6 Å². The predicted octanol–water partition coefficient (Wildman–Crippen LogP) is 3.35. The van der Waals surface area contributed by atoms with Crippen molar-refractivity contribution in [2.45, 2.75) is 30.5 Å². The van der Waals surface area contributed by atoms with E-state index in [9.17, 15) is 0 Å². The Bertz CT molecular complexity index is 365. The van der Waals surface area contributed by atoms with Crippen molar-refractivity contribution >= 4 is 13.3 Å². The molecule has 1 saturated heterocycles. The zero-order valence-electron chi connectivity index (χ0n) is 9.02. The third-order valence-corrected chi connectivity index (χ3v) is 9.76. The smallest absolute Gasteiger partial charge is 0.0370 e. The standard InChI is InChI=1S/C14H17Si/c1-2-8-13(7-1)15(11-5-6-12-15)14-9-3-4-10-14/h1-4,7-10,13H,5-6,11-12H2/q-1. The van der Waals surface area contributed by atoms with Crippen molar-refractivity contribution < 1.29 is 0 Å². The van der Waals surface area contributed by atoms with Gasteiger partial charge in [-0.3, -0.25) is 0 Å². The molecular weight excluding hydrogens is 196 g/mol. The minimum Gasteiger partial charge on any atom is -0.214 e. The molecule has 78 valence electrons. The van der Waals surface area contributed by atoms with Gasteiger partial charge >= 0.3 is 0 Å². The van der Waals surface area contributed by atoms with E-state index < -0.39 is 8.07 Å². The van der Waals surface area contributed by atoms with Crippen LogP contribution in [0.3, 0.4) is 0 Å². The Morgan fingerprint density at radius 1 is 0.933 bits per heavy atom. The van der Waals surface area contributed by atoms with Gasteiger partial charge in [0.2, 0.25) is 0 Å². The third-order valence-electron chi connectivity index (χ3n) is 4.12. The van der Waals surface area contributed by atoms with Crippen LogP contribution in [-0.4, -0.2) is 8.07 Å². The maximum absolute atomic E-state index is 2.44. The lowest BCUT2D eigenvalue weighted by Gasteiger charge is -2.35. The van der Waals surface area contributed by atoms with E-state index in [-0.39, 0.29) is 0 Å². The molecule has 0 radical (unpaired) electrons. The lowest BCUT2D eigenvalue weighted by atomic mass is 10.4. The van der Waals surface area contributed by atoms with Crippen molar-refractivity contribution in [3.63, 3.8) is 0 Å². The van der Waals surface area contributed by atoms with Gasteiger partial charge in [0.15, 0.2) is 0 Å². The Balaban J connectivity index is 2.02. The van der Waals surface area contributed by atoms with Gasteiger partial charge in [0.05, 0.1) is 0 Å². The number of hydrogen-bond donors (Lipinski definition) is 0. The molecule has 1 heteroatoms. The van der Waals surface area contributed by atoms with Gasteiger partial charge in [-0.2, -0.15) is 17.3 Å². The Labute approximate surface area is 92.7 Å². The summed E-state index contributed by atoms with van der Waals surface area (Å²) in [6.07, 6.45) is 12.3. The normalized spacial score (nSPS) is 24.0. The molecule has 1 fully saturated rings. The van der Waals surface area contributed by atoms with Gasteiger partial charge in [-0.05, 0) is 5.54 Å². The van der Waals surface area contributed by atoms with Crippen molar-refractivity contribution in [1.29, 1.82) is 0 Å². The first-order valence-electron chi connectivity index (χ1n) is 5.99. The quantitative estimate of drug-likeness (QED) is 0.522. The molecule has 0 aromatic heterocycles. The first kappa shape index (κ1) is 9.29. The highest BCUT2D eigenvalue weighted by Crippen LogP contribution is 2.41. The molecule has 1 aliphatic heterocycles. The average Bonchev–Trinajstić information content (AvgIpc) is 3.02. The molecule has 1 aliphatic carbocycles. The number of allylic oxidation sites excluding steroid dienone is 4. The number of rotatable bonds is 2. The van der Waals surface area contributed by atoms with Crippen molar-refractivity contribution in [1.82, 2.24) is 0 Å². The lowest BCUT2D eigenvalue weighted by Crippen LogP contribution is -2.47. The second kappa shape index (κ2) is 3.56. The third kappa shape index (κ3) is 1.37. The maximum Gasteiger partial charge on any atom is 0.0370 e. The molecular formula is C14H17Si-. The van der Waals surface area contributed by atoms with Crippen molar-refractivity contribution in [2.24, 2.45) is 0 Å². The first-order chi connectivity index (χ1) is 7.42. The van der Waals surface area contributed by atoms with Gasteiger partial charge in [0.25, 0.3) is 0 Å². The Kier molecular flexibility index (Phi) is 2.21. The molecule has 1 aromatic rings. The van der Waals surface area contributed by atoms with Crippen LogP contribution in [0, 0.1) is 0 Å². The van der Waals surface area contributed by atoms with Crippen LogP contribution in [0.1, 0.15) is 12.8 Å². The van der Waals surface area contributed by atoms with E-state index in [1.165, 1.54) is 24.9 Å². The molecule has 0 nitrogen and oxygen atoms in total. The van der Waals surface area contributed by atoms with Crippen LogP contribution in [0.25, 0.3) is 0 Å². The second-order valence-corrected chi connectivity index (χ2v) is 9.39. The van der Waals surface area contributed by atoms with Crippen LogP contribution in [-0.2, 0) is 0 Å². The largest absolute Gasteiger partial charge is 0.214 e. The van der Waals surface area contributed by atoms with E-state index >= 15 is 0 Å². The molecule has 0 spiro atoms. The maximum atomic E-state index is 2.44. The Hall–Kier alpha value is -0.953. The fraction of sp³-hybridized carbons (Fsp3) is 0.357. The van der Waals surface area contributed by atoms with E-state index in [0.29, 0.717) is 0 Å². The van der Waals surface area contributed by atoms with E-state index in [1.54, 1.807) is 5.19 Å². The highest BCUT2D eigenvalue weighted by Gasteiger charge is 2.39. The fourth-order valence-electron chi connectivity index (χ4n) is 3.33. The van der Waals surface area contributed by atoms with E-state index in [4.69, 9.17) is 0 Å². The predicted molar refractivity (Wildman–Crippen MR) is 68.3 cm³/mol. The van der Waals surface area contributed by atoms with Crippen LogP contribution >= 0.6 is 0 Å². The van der Waals surface area contributed by atoms with Crippen LogP contribution in [0.4, 0.5) is 0 Å². The molecule has 0 bridgehead atoms. The fourth-order valence-corrected chi connectivity index (χ4v) is 8.78. The van der Waals surface area contributed by atoms with Crippen molar-refractivity contribution in [2.75, 3.05) is 0 Å². The van der Waals surface area contributed by atoms with Crippen molar-refractivity contribution in [3.05, 3.63) is 48.6 Å². The topological polar surface area (TPSA) is 0 Å². The van der Waals surface area contributed by atoms with Gasteiger partial charge in [0.1, 0.15) is 0 Å². The SMILES string of the molecule is C1=CC([Si]2([c-]3cccc3)CCCC2)C=C1. The zero-order valence-corrected chi connectivity index (χ0v) is 10.0. The van der Waals surface area contributed by atoms with Gasteiger partial charge in [0, 0.05) is 8.07 Å². The molecule has 15 heavy (non-hydrogen) atoms. The molecule has 0 amide bonds. The summed E-state index contributed by atoms with van der Waals surface area (Å²) in [5, 5.41) is 1.70. The first-order valence-corrected chi connectivity index (χ1v) is 8.48. The minimum atomic E-state index is -1.20. The minimum absolute atomic E-state index is 0.780. The van der Waals surface area contributed by atoms with Gasteiger partial charge < -0.3 is 0 Å². The van der Waals surface area contributed by atoms with E-state index in [1.807, 2.05) is 0 Å². The summed E-state index contributed by atoms with van der Waals surface area (Å²) in [6, 6.07) is 12.2. The Morgan fingerprint density at radius 2 is 1.53 bits per heavy atom. The summed E-state index contributed by atoms with van der Waals surface area (Å²) < 4.78 is 0. The summed E-state index contributed by atoms with van der Waals surface area (Å²) in [4.78, 5) is 0. The van der Waals surface area contributed by atoms with Gasteiger partial charge in [-0.15, -0.1) is 0 Å². The zero-order chi connectivity index (χ0) is 10.1. The second-order valence-electron chi connectivity index (χ2n) is 4.83. The van der Waals surface area contributed by atoms with Crippen LogP contribution in [0.5, 0.6) is 0 Å². The van der Waals surface area contributed by atoms with Crippen LogP contribution in [0.15, 0.2) is 48.6 Å². The summed E-state index contributed by atoms with van der Waals surface area (Å²) in [5.74, 6) is 0. The average molecular weight is 213 g/mol. The molecule has 0 unspecified atom stereocenters. The molecule has 0 atom stereocenters. The highest BCUT2D eigenvalue weighted by atomic mass is 28.3. The summed E-state index contributed by atoms with van der Waals surface area (Å²) >= 11 is 0. The summed E-state index contributed by atoms with van der Waals surface area (Å²) in [7, 11) is -1.20. The molecule has 1 heterocycles. The van der Waals surface area contributed by atoms with E-state index in [0.717, 1.165) is 5.54 Å². The molecule has 3 rings (SSSR count). The highest BCUT2D eigenvalue weighted by molar-refractivity contribution is 6.94. The van der Waals surface area contributed by atoms with Gasteiger partial charge in [-0.25, -0.2) is 12.1 Å².